The first-order valence-corrected chi connectivity index (χ1v) is 6.85. The van der Waals surface area contributed by atoms with Crippen LogP contribution in [-0.2, 0) is 11.3 Å². The lowest BCUT2D eigenvalue weighted by Crippen LogP contribution is -2.10. The summed E-state index contributed by atoms with van der Waals surface area (Å²) in [4.78, 5) is 11.4. The molecule has 0 atom stereocenters. The highest BCUT2D eigenvalue weighted by atomic mass is 35.5. The lowest BCUT2D eigenvalue weighted by molar-refractivity contribution is -0.115. The Morgan fingerprint density at radius 2 is 2.10 bits per heavy atom. The molecule has 0 spiro atoms. The van der Waals surface area contributed by atoms with Crippen LogP contribution in [-0.4, -0.2) is 5.91 Å². The van der Waals surface area contributed by atoms with Crippen molar-refractivity contribution in [2.24, 2.45) is 0 Å². The summed E-state index contributed by atoms with van der Waals surface area (Å²) in [5.74, 6) is 0.759. The summed E-state index contributed by atoms with van der Waals surface area (Å²) in [6, 6.07) is 9.30. The molecule has 1 aromatic heterocycles. The lowest BCUT2D eigenvalue weighted by atomic mass is 10.1. The maximum atomic E-state index is 11.4. The molecule has 0 radical (unpaired) electrons. The molecule has 2 aromatic rings. The van der Waals surface area contributed by atoms with E-state index in [1.807, 2.05) is 38.1 Å². The minimum absolute atomic E-state index is 0.00220. The van der Waals surface area contributed by atoms with Gasteiger partial charge in [0.25, 0.3) is 0 Å². The molecule has 2 rings (SSSR count). The van der Waals surface area contributed by atoms with Crippen molar-refractivity contribution in [3.8, 4) is 0 Å². The molecule has 0 fully saturated rings. The highest BCUT2D eigenvalue weighted by molar-refractivity contribution is 6.28. The average Bonchev–Trinajstić information content (AvgIpc) is 2.85. The quantitative estimate of drug-likeness (QED) is 0.868. The number of carbonyl (C=O) groups excluding carboxylic acids is 1. The minimum Gasteiger partial charge on any atom is -0.448 e. The predicted molar refractivity (Wildman–Crippen MR) is 81.1 cm³/mol. The van der Waals surface area contributed by atoms with Gasteiger partial charge in [-0.1, -0.05) is 13.0 Å². The van der Waals surface area contributed by atoms with E-state index in [9.17, 15) is 4.79 Å². The van der Waals surface area contributed by atoms with Crippen LogP contribution in [0.1, 0.15) is 24.7 Å². The van der Waals surface area contributed by atoms with Crippen molar-refractivity contribution in [3.05, 3.63) is 46.9 Å². The summed E-state index contributed by atoms with van der Waals surface area (Å²) >= 11 is 5.73. The van der Waals surface area contributed by atoms with Crippen LogP contribution in [0.5, 0.6) is 0 Å². The molecular weight excluding hydrogens is 276 g/mol. The van der Waals surface area contributed by atoms with E-state index < -0.39 is 0 Å². The number of rotatable bonds is 5. The number of benzene rings is 1. The zero-order valence-corrected chi connectivity index (χ0v) is 12.3. The Hall–Kier alpha value is -1.94. The molecule has 0 unspecified atom stereocenters. The number of furan rings is 1. The topological polar surface area (TPSA) is 54.3 Å². The number of amides is 1. The van der Waals surface area contributed by atoms with Crippen LogP contribution in [0.15, 0.2) is 34.7 Å². The van der Waals surface area contributed by atoms with Gasteiger partial charge >= 0.3 is 0 Å². The van der Waals surface area contributed by atoms with Gasteiger partial charge in [0, 0.05) is 17.8 Å². The molecule has 2 N–H and O–H groups in total. The van der Waals surface area contributed by atoms with Crippen LogP contribution in [0.25, 0.3) is 0 Å². The first-order valence-electron chi connectivity index (χ1n) is 6.47. The van der Waals surface area contributed by atoms with Gasteiger partial charge in [-0.3, -0.25) is 4.79 Å². The number of hydrogen-bond acceptors (Lipinski definition) is 3. The fourth-order valence-corrected chi connectivity index (χ4v) is 1.93. The van der Waals surface area contributed by atoms with Gasteiger partial charge in [0.2, 0.25) is 5.91 Å². The van der Waals surface area contributed by atoms with Crippen molar-refractivity contribution in [1.29, 1.82) is 0 Å². The van der Waals surface area contributed by atoms with E-state index in [2.05, 4.69) is 10.6 Å². The van der Waals surface area contributed by atoms with Gasteiger partial charge in [-0.05, 0) is 48.4 Å². The van der Waals surface area contributed by atoms with Crippen LogP contribution in [0.2, 0.25) is 5.22 Å². The fourth-order valence-electron chi connectivity index (χ4n) is 1.77. The number of anilines is 2. The van der Waals surface area contributed by atoms with Crippen molar-refractivity contribution in [2.75, 3.05) is 10.6 Å². The number of hydrogen-bond donors (Lipinski definition) is 2. The Balaban J connectivity index is 2.06. The van der Waals surface area contributed by atoms with Gasteiger partial charge < -0.3 is 15.1 Å². The molecule has 5 heteroatoms. The number of aryl methyl sites for hydroxylation is 1. The molecule has 0 saturated heterocycles. The summed E-state index contributed by atoms with van der Waals surface area (Å²) in [6.45, 7) is 4.37. The highest BCUT2D eigenvalue weighted by Gasteiger charge is 2.05. The zero-order chi connectivity index (χ0) is 14.5. The van der Waals surface area contributed by atoms with Gasteiger partial charge in [0.05, 0.1) is 6.54 Å². The second-order valence-electron chi connectivity index (χ2n) is 4.49. The number of halogens is 1. The van der Waals surface area contributed by atoms with E-state index in [0.29, 0.717) is 18.2 Å². The third-order valence-corrected chi connectivity index (χ3v) is 3.13. The van der Waals surface area contributed by atoms with Crippen molar-refractivity contribution in [3.63, 3.8) is 0 Å². The van der Waals surface area contributed by atoms with E-state index >= 15 is 0 Å². The Morgan fingerprint density at radius 3 is 2.75 bits per heavy atom. The molecule has 4 nitrogen and oxygen atoms in total. The number of carbonyl (C=O) groups is 1. The summed E-state index contributed by atoms with van der Waals surface area (Å²) in [6.07, 6.45) is 0.460. The Labute approximate surface area is 123 Å². The third-order valence-electron chi connectivity index (χ3n) is 2.92. The Morgan fingerprint density at radius 1 is 1.30 bits per heavy atom. The molecule has 20 heavy (non-hydrogen) atoms. The maximum Gasteiger partial charge on any atom is 0.224 e. The summed E-state index contributed by atoms with van der Waals surface area (Å²) in [5, 5.41) is 6.49. The minimum atomic E-state index is -0.00220. The second-order valence-corrected chi connectivity index (χ2v) is 4.86. The van der Waals surface area contributed by atoms with Crippen LogP contribution in [0, 0.1) is 6.92 Å². The standard InChI is InChI=1S/C15H17ClN2O2/c1-3-15(19)18-11-5-4-10(2)13(8-11)17-9-12-6-7-14(16)20-12/h4-8,17H,3,9H2,1-2H3,(H,18,19). The van der Waals surface area contributed by atoms with Gasteiger partial charge in [0.15, 0.2) is 5.22 Å². The van der Waals surface area contributed by atoms with Crippen LogP contribution in [0.4, 0.5) is 11.4 Å². The molecule has 1 amide bonds. The van der Waals surface area contributed by atoms with Gasteiger partial charge in [-0.15, -0.1) is 0 Å². The highest BCUT2D eigenvalue weighted by Crippen LogP contribution is 2.22. The van der Waals surface area contributed by atoms with Crippen molar-refractivity contribution in [1.82, 2.24) is 0 Å². The first-order chi connectivity index (χ1) is 9.58. The molecule has 106 valence electrons. The molecule has 0 aliphatic rings. The fraction of sp³-hybridized carbons (Fsp3) is 0.267. The smallest absolute Gasteiger partial charge is 0.224 e. The van der Waals surface area contributed by atoms with E-state index in [1.165, 1.54) is 0 Å². The van der Waals surface area contributed by atoms with Crippen molar-refractivity contribution in [2.45, 2.75) is 26.8 Å². The van der Waals surface area contributed by atoms with Crippen molar-refractivity contribution >= 4 is 28.9 Å². The van der Waals surface area contributed by atoms with E-state index in [0.717, 1.165) is 22.7 Å². The van der Waals surface area contributed by atoms with E-state index in [-0.39, 0.29) is 5.91 Å². The van der Waals surface area contributed by atoms with Crippen LogP contribution >= 0.6 is 11.6 Å². The van der Waals surface area contributed by atoms with Gasteiger partial charge in [-0.2, -0.15) is 0 Å². The molecule has 0 saturated carbocycles. The number of nitrogens with one attached hydrogen (secondary N) is 2. The molecule has 0 bridgehead atoms. The predicted octanol–water partition coefficient (Wildman–Crippen LogP) is 4.20. The monoisotopic (exact) mass is 292 g/mol. The second kappa shape index (κ2) is 6.48. The molecule has 0 aliphatic heterocycles. The summed E-state index contributed by atoms with van der Waals surface area (Å²) < 4.78 is 5.29. The normalized spacial score (nSPS) is 10.3. The third kappa shape index (κ3) is 3.78. The maximum absolute atomic E-state index is 11.4. The van der Waals surface area contributed by atoms with E-state index in [1.54, 1.807) is 6.07 Å². The SMILES string of the molecule is CCC(=O)Nc1ccc(C)c(NCc2ccc(Cl)o2)c1. The lowest BCUT2D eigenvalue weighted by Gasteiger charge is -2.11. The molecule has 1 heterocycles. The summed E-state index contributed by atoms with van der Waals surface area (Å²) in [5.41, 5.74) is 2.83. The molecule has 1 aromatic carbocycles. The Kier molecular flexibility index (Phi) is 4.69. The molecule has 0 aliphatic carbocycles. The van der Waals surface area contributed by atoms with Crippen LogP contribution in [0.3, 0.4) is 0 Å². The van der Waals surface area contributed by atoms with E-state index in [4.69, 9.17) is 16.0 Å². The first kappa shape index (κ1) is 14.5. The average molecular weight is 293 g/mol. The molecular formula is C15H17ClN2O2. The Bertz CT molecular complexity index is 608. The summed E-state index contributed by atoms with van der Waals surface area (Å²) in [7, 11) is 0. The van der Waals surface area contributed by atoms with Gasteiger partial charge in [-0.25, -0.2) is 0 Å². The van der Waals surface area contributed by atoms with Crippen LogP contribution < -0.4 is 10.6 Å². The largest absolute Gasteiger partial charge is 0.448 e. The zero-order valence-electron chi connectivity index (χ0n) is 11.5. The van der Waals surface area contributed by atoms with Gasteiger partial charge in [0.1, 0.15) is 5.76 Å². The van der Waals surface area contributed by atoms with Crippen molar-refractivity contribution < 1.29 is 9.21 Å².